The highest BCUT2D eigenvalue weighted by Gasteiger charge is 2.20. The third-order valence-electron chi connectivity index (χ3n) is 2.68. The maximum Gasteiger partial charge on any atom is 0.240 e. The lowest BCUT2D eigenvalue weighted by molar-refractivity contribution is -0.116. The fourth-order valence-electron chi connectivity index (χ4n) is 1.90. The summed E-state index contributed by atoms with van der Waals surface area (Å²) in [5.41, 5.74) is 7.02. The lowest BCUT2D eigenvalue weighted by atomic mass is 9.99. The fourth-order valence-corrected chi connectivity index (χ4v) is 3.02. The number of aryl methyl sites for hydroxylation is 1. The minimum Gasteiger partial charge on any atom is -0.327 e. The van der Waals surface area contributed by atoms with E-state index >= 15 is 0 Å². The Balaban J connectivity index is 2.01. The van der Waals surface area contributed by atoms with Gasteiger partial charge < -0.3 is 16.0 Å². The summed E-state index contributed by atoms with van der Waals surface area (Å²) in [5.74, 6) is -0.0228. The predicted octanol–water partition coefficient (Wildman–Crippen LogP) is 0.459. The van der Waals surface area contributed by atoms with Crippen molar-refractivity contribution in [3.63, 3.8) is 0 Å². The SMILES string of the molecule is CN(C)CC(=O)Nc1nc2c(s1)C[C@@H](N)CC2. The number of nitrogens with one attached hydrogen (secondary N) is 1. The van der Waals surface area contributed by atoms with Crippen molar-refractivity contribution in [1.29, 1.82) is 0 Å². The number of carbonyl (C=O) groups is 1. The molecule has 0 saturated heterocycles. The highest BCUT2D eigenvalue weighted by molar-refractivity contribution is 7.15. The van der Waals surface area contributed by atoms with Gasteiger partial charge in [-0.2, -0.15) is 0 Å². The first-order valence-electron chi connectivity index (χ1n) is 5.73. The van der Waals surface area contributed by atoms with Crippen LogP contribution in [0.25, 0.3) is 0 Å². The van der Waals surface area contributed by atoms with Crippen LogP contribution in [-0.2, 0) is 17.6 Å². The molecule has 17 heavy (non-hydrogen) atoms. The van der Waals surface area contributed by atoms with Crippen LogP contribution in [0.4, 0.5) is 5.13 Å². The van der Waals surface area contributed by atoms with Gasteiger partial charge >= 0.3 is 0 Å². The predicted molar refractivity (Wildman–Crippen MR) is 69.3 cm³/mol. The number of fused-ring (bicyclic) bond motifs is 1. The second kappa shape index (κ2) is 5.12. The second-order valence-electron chi connectivity index (χ2n) is 4.68. The maximum absolute atomic E-state index is 11.6. The van der Waals surface area contributed by atoms with Crippen LogP contribution in [0.1, 0.15) is 17.0 Å². The van der Waals surface area contributed by atoms with Gasteiger partial charge in [-0.25, -0.2) is 4.98 Å². The Bertz CT molecular complexity index is 416. The molecule has 0 unspecified atom stereocenters. The van der Waals surface area contributed by atoms with Gasteiger partial charge in [-0.3, -0.25) is 4.79 Å². The van der Waals surface area contributed by atoms with Gasteiger partial charge in [-0.1, -0.05) is 0 Å². The Morgan fingerprint density at radius 1 is 1.65 bits per heavy atom. The molecule has 0 saturated carbocycles. The van der Waals surface area contributed by atoms with Crippen LogP contribution in [0.3, 0.4) is 0 Å². The molecular formula is C11H18N4OS. The monoisotopic (exact) mass is 254 g/mol. The van der Waals surface area contributed by atoms with Crippen LogP contribution in [0.2, 0.25) is 0 Å². The summed E-state index contributed by atoms with van der Waals surface area (Å²) >= 11 is 1.55. The number of likely N-dealkylation sites (N-methyl/N-ethyl adjacent to an activating group) is 1. The Morgan fingerprint density at radius 3 is 3.12 bits per heavy atom. The van der Waals surface area contributed by atoms with Gasteiger partial charge in [0.1, 0.15) is 0 Å². The average Bonchev–Trinajstić information content (AvgIpc) is 2.57. The topological polar surface area (TPSA) is 71.2 Å². The lowest BCUT2D eigenvalue weighted by Crippen LogP contribution is -2.27. The summed E-state index contributed by atoms with van der Waals surface area (Å²) in [6, 6.07) is 0.244. The molecule has 1 amide bonds. The van der Waals surface area contributed by atoms with Crippen molar-refractivity contribution in [3.05, 3.63) is 10.6 Å². The molecule has 0 aliphatic heterocycles. The zero-order chi connectivity index (χ0) is 12.4. The molecule has 6 heteroatoms. The van der Waals surface area contributed by atoms with Crippen LogP contribution in [0.15, 0.2) is 0 Å². The van der Waals surface area contributed by atoms with Crippen molar-refractivity contribution in [2.45, 2.75) is 25.3 Å². The maximum atomic E-state index is 11.6. The van der Waals surface area contributed by atoms with Gasteiger partial charge in [0.05, 0.1) is 12.2 Å². The molecule has 1 aromatic heterocycles. The van der Waals surface area contributed by atoms with E-state index in [0.29, 0.717) is 11.7 Å². The number of nitrogens with two attached hydrogens (primary N) is 1. The molecule has 0 aromatic carbocycles. The van der Waals surface area contributed by atoms with E-state index in [1.165, 1.54) is 4.88 Å². The number of thiazole rings is 1. The van der Waals surface area contributed by atoms with Gasteiger partial charge in [0, 0.05) is 10.9 Å². The van der Waals surface area contributed by atoms with Crippen molar-refractivity contribution in [3.8, 4) is 0 Å². The van der Waals surface area contributed by atoms with E-state index in [-0.39, 0.29) is 11.9 Å². The number of hydrogen-bond acceptors (Lipinski definition) is 5. The van der Waals surface area contributed by atoms with Crippen LogP contribution in [-0.4, -0.2) is 42.5 Å². The van der Waals surface area contributed by atoms with E-state index < -0.39 is 0 Å². The third-order valence-corrected chi connectivity index (χ3v) is 3.72. The highest BCUT2D eigenvalue weighted by atomic mass is 32.1. The zero-order valence-electron chi connectivity index (χ0n) is 10.2. The normalized spacial score (nSPS) is 19.2. The first-order valence-corrected chi connectivity index (χ1v) is 6.55. The Hall–Kier alpha value is -0.980. The minimum absolute atomic E-state index is 0.0228. The molecule has 1 atom stereocenters. The van der Waals surface area contributed by atoms with Crippen molar-refractivity contribution in [2.75, 3.05) is 26.0 Å². The molecule has 5 nitrogen and oxygen atoms in total. The number of carbonyl (C=O) groups excluding carboxylic acids is 1. The van der Waals surface area contributed by atoms with Crippen molar-refractivity contribution in [1.82, 2.24) is 9.88 Å². The number of hydrogen-bond donors (Lipinski definition) is 2. The van der Waals surface area contributed by atoms with E-state index in [1.54, 1.807) is 11.3 Å². The number of aromatic nitrogens is 1. The van der Waals surface area contributed by atoms with E-state index in [4.69, 9.17) is 5.73 Å². The molecule has 94 valence electrons. The number of amides is 1. The van der Waals surface area contributed by atoms with Crippen molar-refractivity contribution >= 4 is 22.4 Å². The van der Waals surface area contributed by atoms with E-state index in [1.807, 2.05) is 19.0 Å². The average molecular weight is 254 g/mol. The quantitative estimate of drug-likeness (QED) is 0.822. The molecule has 1 aromatic rings. The van der Waals surface area contributed by atoms with Crippen LogP contribution < -0.4 is 11.1 Å². The van der Waals surface area contributed by atoms with E-state index in [2.05, 4.69) is 10.3 Å². The Morgan fingerprint density at radius 2 is 2.41 bits per heavy atom. The van der Waals surface area contributed by atoms with Gasteiger partial charge in [0.2, 0.25) is 5.91 Å². The summed E-state index contributed by atoms with van der Waals surface area (Å²) in [4.78, 5) is 19.1. The van der Waals surface area contributed by atoms with Gasteiger partial charge in [-0.15, -0.1) is 11.3 Å². The van der Waals surface area contributed by atoms with Crippen LogP contribution in [0, 0.1) is 0 Å². The molecule has 2 rings (SSSR count). The largest absolute Gasteiger partial charge is 0.327 e. The Kier molecular flexibility index (Phi) is 3.76. The first-order chi connectivity index (χ1) is 8.04. The summed E-state index contributed by atoms with van der Waals surface area (Å²) in [6.07, 6.45) is 2.80. The molecule has 1 aliphatic carbocycles. The molecule has 0 fully saturated rings. The number of anilines is 1. The second-order valence-corrected chi connectivity index (χ2v) is 5.76. The molecule has 1 aliphatic rings. The van der Waals surface area contributed by atoms with Gasteiger partial charge in [-0.05, 0) is 33.4 Å². The molecular weight excluding hydrogens is 236 g/mol. The first kappa shape index (κ1) is 12.5. The smallest absolute Gasteiger partial charge is 0.240 e. The summed E-state index contributed by atoms with van der Waals surface area (Å²) < 4.78 is 0. The van der Waals surface area contributed by atoms with Gasteiger partial charge in [0.25, 0.3) is 0 Å². The minimum atomic E-state index is -0.0228. The van der Waals surface area contributed by atoms with Crippen molar-refractivity contribution < 1.29 is 4.79 Å². The fraction of sp³-hybridized carbons (Fsp3) is 0.636. The molecule has 3 N–H and O–H groups in total. The molecule has 0 bridgehead atoms. The van der Waals surface area contributed by atoms with Gasteiger partial charge in [0.15, 0.2) is 5.13 Å². The van der Waals surface area contributed by atoms with Crippen LogP contribution in [0.5, 0.6) is 0 Å². The Labute approximate surface area is 105 Å². The third kappa shape index (κ3) is 3.24. The molecule has 0 radical (unpaired) electrons. The highest BCUT2D eigenvalue weighted by Crippen LogP contribution is 2.29. The summed E-state index contributed by atoms with van der Waals surface area (Å²) in [5, 5.41) is 3.54. The standard InChI is InChI=1S/C11H18N4OS/c1-15(2)6-10(16)14-11-13-8-4-3-7(12)5-9(8)17-11/h7H,3-6,12H2,1-2H3,(H,13,14,16)/t7-/m0/s1. The zero-order valence-corrected chi connectivity index (χ0v) is 11.0. The summed E-state index contributed by atoms with van der Waals surface area (Å²) in [7, 11) is 3.73. The number of nitrogens with zero attached hydrogens (tertiary/aromatic N) is 2. The van der Waals surface area contributed by atoms with Crippen LogP contribution >= 0.6 is 11.3 Å². The lowest BCUT2D eigenvalue weighted by Gasteiger charge is -2.15. The molecule has 0 spiro atoms. The van der Waals surface area contributed by atoms with Crippen molar-refractivity contribution in [2.24, 2.45) is 5.73 Å². The van der Waals surface area contributed by atoms with E-state index in [0.717, 1.165) is 25.0 Å². The summed E-state index contributed by atoms with van der Waals surface area (Å²) in [6.45, 7) is 0.379. The van der Waals surface area contributed by atoms with E-state index in [9.17, 15) is 4.79 Å². The molecule has 1 heterocycles. The number of rotatable bonds is 3.